The number of alkyl halides is 2. The van der Waals surface area contributed by atoms with Crippen molar-refractivity contribution in [3.8, 4) is 0 Å². The molecular formula is C35H46F2N6O8S. The van der Waals surface area contributed by atoms with Gasteiger partial charge in [0.25, 0.3) is 5.91 Å². The van der Waals surface area contributed by atoms with Crippen LogP contribution in [0.5, 0.6) is 0 Å². The molecular weight excluding hydrogens is 702 g/mol. The summed E-state index contributed by atoms with van der Waals surface area (Å²) in [6, 6.07) is 2.09. The Hall–Kier alpha value is -4.28. The molecule has 5 atom stereocenters. The average molecular weight is 749 g/mol. The predicted octanol–water partition coefficient (Wildman–Crippen LogP) is 2.56. The maximum absolute atomic E-state index is 14.1. The van der Waals surface area contributed by atoms with Gasteiger partial charge in [0.15, 0.2) is 0 Å². The molecule has 1 aromatic rings. The molecule has 5 aliphatic rings. The number of hydrogen-bond donors (Lipinski definition) is 3. The van der Waals surface area contributed by atoms with Crippen LogP contribution in [0.3, 0.4) is 0 Å². The van der Waals surface area contributed by atoms with Crippen LogP contribution in [0.15, 0.2) is 30.9 Å². The third kappa shape index (κ3) is 8.03. The molecule has 17 heteroatoms. The van der Waals surface area contributed by atoms with Crippen molar-refractivity contribution in [3.05, 3.63) is 47.5 Å². The monoisotopic (exact) mass is 748 g/mol. The van der Waals surface area contributed by atoms with E-state index in [9.17, 15) is 41.2 Å². The Labute approximate surface area is 301 Å². The fourth-order valence-corrected chi connectivity index (χ4v) is 8.81. The second-order valence-corrected chi connectivity index (χ2v) is 16.5. The fraction of sp³-hybridized carbons (Fsp3) is 0.629. The molecule has 1 aromatic carbocycles. The summed E-state index contributed by atoms with van der Waals surface area (Å²) in [4.78, 5) is 71.9. The summed E-state index contributed by atoms with van der Waals surface area (Å²) in [5.74, 6) is -3.42. The zero-order valence-corrected chi connectivity index (χ0v) is 30.0. The molecule has 0 aromatic heterocycles. The molecule has 2 aliphatic carbocycles. The van der Waals surface area contributed by atoms with Gasteiger partial charge >= 0.3 is 12.1 Å². The number of carbonyl (C=O) groups excluding carboxylic acids is 5. The summed E-state index contributed by atoms with van der Waals surface area (Å²) in [6.07, 6.45) is 0.364. The van der Waals surface area contributed by atoms with Crippen LogP contribution in [-0.2, 0) is 48.7 Å². The molecule has 0 radical (unpaired) electrons. The third-order valence-electron chi connectivity index (χ3n) is 10.7. The number of ether oxygens (including phenoxy) is 1. The van der Waals surface area contributed by atoms with Crippen molar-refractivity contribution in [1.29, 1.82) is 0 Å². The summed E-state index contributed by atoms with van der Waals surface area (Å²) in [5.41, 5.74) is 1.51. The van der Waals surface area contributed by atoms with E-state index in [0.717, 1.165) is 47.3 Å². The Balaban J connectivity index is 1.26. The van der Waals surface area contributed by atoms with E-state index in [1.54, 1.807) is 0 Å². The topological polar surface area (TPSA) is 175 Å². The highest BCUT2D eigenvalue weighted by atomic mass is 32.2. The number of halogens is 2. The minimum Gasteiger partial charge on any atom is -0.444 e. The molecule has 6 rings (SSSR count). The van der Waals surface area contributed by atoms with Gasteiger partial charge in [-0.05, 0) is 55.2 Å². The third-order valence-corrected chi connectivity index (χ3v) is 12.6. The lowest BCUT2D eigenvalue weighted by atomic mass is 9.98. The molecule has 3 N–H and O–H groups in total. The molecule has 284 valence electrons. The standard InChI is InChI=1S/C35H46F2N6O8S/c1-3-23-17-35(23,32(46)40-52(49,50)25-12-13-25)39-30(44)28-15-24-19-43(28)31(45)27(16-29(36)37)38-33(47)41(2)14-7-5-4-6-9-21-10-8-11-22-18-42(20-26(21)22)34(48)51-24/h3,8,10-11,23-25,27-29H,1,4-7,9,12-20H2,2H3,(H,38,47)(H,39,44)(H,40,46)/t23-,24-,27+,28+,35-/m1/s1. The molecule has 1 saturated heterocycles. The normalized spacial score (nSPS) is 28.6. The number of benzene rings is 1. The van der Waals surface area contributed by atoms with Crippen molar-refractivity contribution in [2.45, 2.75) is 113 Å². The number of carbonyl (C=O) groups is 5. The molecule has 3 fully saturated rings. The number of sulfonamides is 1. The lowest BCUT2D eigenvalue weighted by Gasteiger charge is -2.30. The van der Waals surface area contributed by atoms with Crippen LogP contribution in [0.25, 0.3) is 0 Å². The van der Waals surface area contributed by atoms with E-state index in [-0.39, 0.29) is 19.4 Å². The van der Waals surface area contributed by atoms with Crippen LogP contribution in [0, 0.1) is 5.92 Å². The van der Waals surface area contributed by atoms with Gasteiger partial charge in [0, 0.05) is 45.4 Å². The molecule has 2 saturated carbocycles. The molecule has 52 heavy (non-hydrogen) atoms. The minimum absolute atomic E-state index is 0.0429. The first-order valence-corrected chi connectivity index (χ1v) is 19.4. The zero-order valence-electron chi connectivity index (χ0n) is 29.2. The number of urea groups is 1. The smallest absolute Gasteiger partial charge is 0.410 e. The molecule has 3 heterocycles. The van der Waals surface area contributed by atoms with Crippen molar-refractivity contribution >= 4 is 39.9 Å². The average Bonchev–Trinajstić information content (AvgIpc) is 3.99. The predicted molar refractivity (Wildman–Crippen MR) is 183 cm³/mol. The minimum atomic E-state index is -3.97. The Kier molecular flexibility index (Phi) is 10.8. The number of amides is 6. The lowest BCUT2D eigenvalue weighted by Crippen LogP contribution is -2.59. The quantitative estimate of drug-likeness (QED) is 0.340. The van der Waals surface area contributed by atoms with Crippen LogP contribution < -0.4 is 15.4 Å². The van der Waals surface area contributed by atoms with E-state index in [1.807, 2.05) is 18.2 Å². The van der Waals surface area contributed by atoms with Gasteiger partial charge in [-0.15, -0.1) is 6.58 Å². The van der Waals surface area contributed by atoms with Crippen LogP contribution in [0.1, 0.15) is 74.5 Å². The maximum Gasteiger partial charge on any atom is 0.410 e. The van der Waals surface area contributed by atoms with Gasteiger partial charge in [-0.2, -0.15) is 0 Å². The molecule has 0 spiro atoms. The highest BCUT2D eigenvalue weighted by molar-refractivity contribution is 7.91. The molecule has 6 amide bonds. The Morgan fingerprint density at radius 1 is 1.12 bits per heavy atom. The van der Waals surface area contributed by atoms with Crippen molar-refractivity contribution in [3.63, 3.8) is 0 Å². The fourth-order valence-electron chi connectivity index (χ4n) is 7.44. The Morgan fingerprint density at radius 3 is 2.54 bits per heavy atom. The summed E-state index contributed by atoms with van der Waals surface area (Å²) >= 11 is 0. The SMILES string of the molecule is C=C[C@@H]1C[C@]1(NC(=O)[C@@H]1C[C@@H]2CN1C(=O)[C@H](CC(F)F)NC(=O)N(C)CCCCCCc1cccc3c1CN(C3)C(=O)O2)C(=O)NS(=O)(=O)C1CC1. The largest absolute Gasteiger partial charge is 0.444 e. The van der Waals surface area contributed by atoms with E-state index < -0.39 is 87.6 Å². The highest BCUT2D eigenvalue weighted by Gasteiger charge is 2.62. The van der Waals surface area contributed by atoms with Crippen LogP contribution in [0.2, 0.25) is 0 Å². The first-order chi connectivity index (χ1) is 24.7. The first-order valence-electron chi connectivity index (χ1n) is 17.9. The van der Waals surface area contributed by atoms with E-state index in [4.69, 9.17) is 4.74 Å². The van der Waals surface area contributed by atoms with Gasteiger partial charge in [0.1, 0.15) is 23.7 Å². The summed E-state index contributed by atoms with van der Waals surface area (Å²) < 4.78 is 60.9. The van der Waals surface area contributed by atoms with Crippen LogP contribution in [-0.4, -0.2) is 109 Å². The van der Waals surface area contributed by atoms with Crippen molar-refractivity contribution in [2.75, 3.05) is 20.1 Å². The van der Waals surface area contributed by atoms with Crippen molar-refractivity contribution < 1.29 is 45.9 Å². The van der Waals surface area contributed by atoms with Crippen LogP contribution >= 0.6 is 0 Å². The van der Waals surface area contributed by atoms with Gasteiger partial charge in [0.05, 0.1) is 11.8 Å². The number of hydrogen-bond acceptors (Lipinski definition) is 8. The molecule has 4 bridgehead atoms. The van der Waals surface area contributed by atoms with Gasteiger partial charge in [-0.1, -0.05) is 37.1 Å². The molecule has 3 aliphatic heterocycles. The van der Waals surface area contributed by atoms with Crippen molar-refractivity contribution in [2.24, 2.45) is 5.92 Å². The van der Waals surface area contributed by atoms with E-state index >= 15 is 0 Å². The second-order valence-electron chi connectivity index (χ2n) is 14.6. The number of aryl methyl sites for hydroxylation is 1. The number of rotatable bonds is 8. The lowest BCUT2D eigenvalue weighted by molar-refractivity contribution is -0.141. The van der Waals surface area contributed by atoms with Gasteiger partial charge in [-0.3, -0.25) is 24.0 Å². The van der Waals surface area contributed by atoms with Gasteiger partial charge in [-0.25, -0.2) is 26.8 Å². The molecule has 0 unspecified atom stereocenters. The van der Waals surface area contributed by atoms with Crippen LogP contribution in [0.4, 0.5) is 18.4 Å². The summed E-state index contributed by atoms with van der Waals surface area (Å²) in [7, 11) is -2.46. The van der Waals surface area contributed by atoms with Gasteiger partial charge < -0.3 is 25.2 Å². The summed E-state index contributed by atoms with van der Waals surface area (Å²) in [6.45, 7) is 4.30. The zero-order chi connectivity index (χ0) is 37.4. The van der Waals surface area contributed by atoms with E-state index in [0.29, 0.717) is 38.9 Å². The number of nitrogens with zero attached hydrogens (tertiary/aromatic N) is 3. The highest BCUT2D eigenvalue weighted by Crippen LogP contribution is 2.45. The number of fused-ring (bicyclic) bond motifs is 3. The van der Waals surface area contributed by atoms with Crippen molar-refractivity contribution in [1.82, 2.24) is 30.1 Å². The van der Waals surface area contributed by atoms with Gasteiger partial charge in [0.2, 0.25) is 28.3 Å². The molecule has 14 nitrogen and oxygen atoms in total. The number of nitrogens with one attached hydrogen (secondary N) is 3. The first kappa shape index (κ1) is 37.5. The second kappa shape index (κ2) is 15.0. The maximum atomic E-state index is 14.1. The van der Waals surface area contributed by atoms with E-state index in [1.165, 1.54) is 22.9 Å². The van der Waals surface area contributed by atoms with E-state index in [2.05, 4.69) is 21.9 Å². The summed E-state index contributed by atoms with van der Waals surface area (Å²) in [5, 5.41) is 4.33. The Bertz CT molecular complexity index is 1720. The Morgan fingerprint density at radius 2 is 1.85 bits per heavy atom.